The van der Waals surface area contributed by atoms with Gasteiger partial charge in [0.2, 0.25) is 5.78 Å². The van der Waals surface area contributed by atoms with Crippen LogP contribution in [0.15, 0.2) is 66.7 Å². The second kappa shape index (κ2) is 9.96. The Hall–Kier alpha value is -3.18. The van der Waals surface area contributed by atoms with Gasteiger partial charge in [-0.15, -0.1) is 0 Å². The second-order valence-electron chi connectivity index (χ2n) is 8.32. The Kier molecular flexibility index (Phi) is 6.86. The van der Waals surface area contributed by atoms with Crippen molar-refractivity contribution in [2.45, 2.75) is 45.3 Å². The van der Waals surface area contributed by atoms with E-state index in [2.05, 4.69) is 4.57 Å². The van der Waals surface area contributed by atoms with Crippen LogP contribution in [0.25, 0.3) is 0 Å². The molecular formula is C27H29NO4. The number of benzene rings is 2. The van der Waals surface area contributed by atoms with Gasteiger partial charge in [0.15, 0.2) is 6.61 Å². The number of rotatable bonds is 8. The van der Waals surface area contributed by atoms with E-state index in [9.17, 15) is 9.59 Å². The number of esters is 1. The van der Waals surface area contributed by atoms with Gasteiger partial charge in [0, 0.05) is 30.1 Å². The molecule has 1 aliphatic heterocycles. The molecule has 1 saturated heterocycles. The number of aromatic nitrogens is 1. The summed E-state index contributed by atoms with van der Waals surface area (Å²) in [5, 5.41) is 0. The molecule has 32 heavy (non-hydrogen) atoms. The standard InChI is InChI=1S/C27H29NO4/c1-19-16-24(20(2)28(19)17-23-14-9-15-31-23)25(29)18-32-27(30)26(21-10-5-3-6-11-21)22-12-7-4-8-13-22/h3-8,10-13,16,23,26H,9,14-15,17-18H2,1-2H3/t23-/m1/s1. The Bertz CT molecular complexity index is 1030. The normalized spacial score (nSPS) is 15.8. The molecule has 2 aromatic carbocycles. The van der Waals surface area contributed by atoms with Gasteiger partial charge in [-0.1, -0.05) is 60.7 Å². The number of carbonyl (C=O) groups excluding carboxylic acids is 2. The van der Waals surface area contributed by atoms with Crippen molar-refractivity contribution in [1.29, 1.82) is 0 Å². The van der Waals surface area contributed by atoms with Crippen LogP contribution >= 0.6 is 0 Å². The van der Waals surface area contributed by atoms with Crippen LogP contribution in [0.3, 0.4) is 0 Å². The van der Waals surface area contributed by atoms with Crippen LogP contribution < -0.4 is 0 Å². The zero-order valence-electron chi connectivity index (χ0n) is 18.6. The summed E-state index contributed by atoms with van der Waals surface area (Å²) in [4.78, 5) is 26.0. The van der Waals surface area contributed by atoms with Gasteiger partial charge in [-0.3, -0.25) is 9.59 Å². The Labute approximate surface area is 189 Å². The highest BCUT2D eigenvalue weighted by molar-refractivity contribution is 5.99. The topological polar surface area (TPSA) is 57.5 Å². The Balaban J connectivity index is 1.47. The largest absolute Gasteiger partial charge is 0.457 e. The maximum absolute atomic E-state index is 13.1. The third kappa shape index (κ3) is 4.83. The highest BCUT2D eigenvalue weighted by atomic mass is 16.5. The van der Waals surface area contributed by atoms with Gasteiger partial charge < -0.3 is 14.0 Å². The third-order valence-corrected chi connectivity index (χ3v) is 6.13. The summed E-state index contributed by atoms with van der Waals surface area (Å²) < 4.78 is 13.4. The minimum atomic E-state index is -0.572. The van der Waals surface area contributed by atoms with E-state index in [1.165, 1.54) is 0 Å². The van der Waals surface area contributed by atoms with Crippen LogP contribution in [0.2, 0.25) is 0 Å². The molecular weight excluding hydrogens is 402 g/mol. The van der Waals surface area contributed by atoms with Gasteiger partial charge in [-0.2, -0.15) is 0 Å². The molecule has 0 bridgehead atoms. The van der Waals surface area contributed by atoms with E-state index in [4.69, 9.17) is 9.47 Å². The van der Waals surface area contributed by atoms with Gasteiger partial charge >= 0.3 is 5.97 Å². The molecule has 0 radical (unpaired) electrons. The van der Waals surface area contributed by atoms with Crippen molar-refractivity contribution in [3.63, 3.8) is 0 Å². The van der Waals surface area contributed by atoms with Crippen LogP contribution in [0.1, 0.15) is 51.6 Å². The molecule has 0 amide bonds. The molecule has 1 fully saturated rings. The van der Waals surface area contributed by atoms with E-state index in [1.807, 2.05) is 80.6 Å². The lowest BCUT2D eigenvalue weighted by molar-refractivity contribution is -0.143. The van der Waals surface area contributed by atoms with E-state index in [-0.39, 0.29) is 18.5 Å². The fourth-order valence-corrected chi connectivity index (χ4v) is 4.41. The summed E-state index contributed by atoms with van der Waals surface area (Å²) in [5.41, 5.74) is 4.18. The van der Waals surface area contributed by atoms with Gasteiger partial charge in [0.05, 0.1) is 6.10 Å². The first-order valence-corrected chi connectivity index (χ1v) is 11.1. The number of ketones is 1. The van der Waals surface area contributed by atoms with Crippen molar-refractivity contribution < 1.29 is 19.1 Å². The Morgan fingerprint density at radius 2 is 1.66 bits per heavy atom. The number of aryl methyl sites for hydroxylation is 1. The van der Waals surface area contributed by atoms with Crippen molar-refractivity contribution in [2.24, 2.45) is 0 Å². The quantitative estimate of drug-likeness (QED) is 0.378. The number of nitrogens with zero attached hydrogens (tertiary/aromatic N) is 1. The van der Waals surface area contributed by atoms with Crippen LogP contribution in [0, 0.1) is 13.8 Å². The molecule has 2 heterocycles. The fraction of sp³-hybridized carbons (Fsp3) is 0.333. The van der Waals surface area contributed by atoms with E-state index >= 15 is 0 Å². The molecule has 0 N–H and O–H groups in total. The molecule has 0 aliphatic carbocycles. The van der Waals surface area contributed by atoms with E-state index in [0.29, 0.717) is 5.56 Å². The third-order valence-electron chi connectivity index (χ3n) is 6.13. The predicted octanol–water partition coefficient (Wildman–Crippen LogP) is 4.84. The highest BCUT2D eigenvalue weighted by Gasteiger charge is 2.26. The van der Waals surface area contributed by atoms with Crippen LogP contribution in [-0.2, 0) is 20.8 Å². The van der Waals surface area contributed by atoms with Crippen molar-refractivity contribution in [3.05, 3.63) is 94.8 Å². The van der Waals surface area contributed by atoms with E-state index < -0.39 is 11.9 Å². The molecule has 1 atom stereocenters. The summed E-state index contributed by atoms with van der Waals surface area (Å²) in [6.45, 7) is 5.20. The van der Waals surface area contributed by atoms with Gasteiger partial charge in [0.25, 0.3) is 0 Å². The summed E-state index contributed by atoms with van der Waals surface area (Å²) >= 11 is 0. The maximum Gasteiger partial charge on any atom is 0.318 e. The van der Waals surface area contributed by atoms with E-state index in [1.54, 1.807) is 0 Å². The zero-order valence-corrected chi connectivity index (χ0v) is 18.6. The molecule has 5 nitrogen and oxygen atoms in total. The summed E-state index contributed by atoms with van der Waals surface area (Å²) in [6.07, 6.45) is 2.31. The molecule has 1 aliphatic rings. The van der Waals surface area contributed by atoms with E-state index in [0.717, 1.165) is 48.5 Å². The summed E-state index contributed by atoms with van der Waals surface area (Å²) in [6, 6.07) is 20.9. The lowest BCUT2D eigenvalue weighted by Crippen LogP contribution is -2.21. The molecule has 0 spiro atoms. The SMILES string of the molecule is Cc1cc(C(=O)COC(=O)C(c2ccccc2)c2ccccc2)c(C)n1C[C@H]1CCCO1. The lowest BCUT2D eigenvalue weighted by atomic mass is 9.91. The average Bonchev–Trinajstić information content (AvgIpc) is 3.43. The van der Waals surface area contributed by atoms with Crippen molar-refractivity contribution >= 4 is 11.8 Å². The second-order valence-corrected chi connectivity index (χ2v) is 8.32. The van der Waals surface area contributed by atoms with Crippen LogP contribution in [0.5, 0.6) is 0 Å². The summed E-state index contributed by atoms with van der Waals surface area (Å²) in [7, 11) is 0. The first-order valence-electron chi connectivity index (χ1n) is 11.1. The first-order chi connectivity index (χ1) is 15.5. The van der Waals surface area contributed by atoms with Gasteiger partial charge in [-0.05, 0) is 43.9 Å². The van der Waals surface area contributed by atoms with Crippen LogP contribution in [-0.4, -0.2) is 35.6 Å². The minimum Gasteiger partial charge on any atom is -0.457 e. The highest BCUT2D eigenvalue weighted by Crippen LogP contribution is 2.26. The molecule has 4 rings (SSSR count). The fourth-order valence-electron chi connectivity index (χ4n) is 4.41. The van der Waals surface area contributed by atoms with Crippen molar-refractivity contribution in [2.75, 3.05) is 13.2 Å². The van der Waals surface area contributed by atoms with Gasteiger partial charge in [0.1, 0.15) is 5.92 Å². The maximum atomic E-state index is 13.1. The number of ether oxygens (including phenoxy) is 2. The molecule has 3 aromatic rings. The average molecular weight is 432 g/mol. The zero-order chi connectivity index (χ0) is 22.5. The van der Waals surface area contributed by atoms with Gasteiger partial charge in [-0.25, -0.2) is 0 Å². The predicted molar refractivity (Wildman–Crippen MR) is 123 cm³/mol. The molecule has 0 saturated carbocycles. The smallest absolute Gasteiger partial charge is 0.318 e. The van der Waals surface area contributed by atoms with Crippen molar-refractivity contribution in [3.8, 4) is 0 Å². The molecule has 0 unspecified atom stereocenters. The Morgan fingerprint density at radius 3 is 2.22 bits per heavy atom. The van der Waals surface area contributed by atoms with Crippen LogP contribution in [0.4, 0.5) is 0 Å². The first kappa shape index (κ1) is 22.0. The summed E-state index contributed by atoms with van der Waals surface area (Å²) in [5.74, 6) is -1.19. The molecule has 166 valence electrons. The monoisotopic (exact) mass is 431 g/mol. The number of Topliss-reactive ketones (excluding diaryl/α,β-unsaturated/α-hetero) is 1. The number of carbonyl (C=O) groups is 2. The van der Waals surface area contributed by atoms with Crippen molar-refractivity contribution in [1.82, 2.24) is 4.57 Å². The Morgan fingerprint density at radius 1 is 1.03 bits per heavy atom. The lowest BCUT2D eigenvalue weighted by Gasteiger charge is -2.17. The molecule has 1 aromatic heterocycles. The number of hydrogen-bond donors (Lipinski definition) is 0. The molecule has 5 heteroatoms. The number of hydrogen-bond acceptors (Lipinski definition) is 4. The minimum absolute atomic E-state index is 0.190.